The average Bonchev–Trinajstić information content (AvgIpc) is 2.82. The van der Waals surface area contributed by atoms with Gasteiger partial charge in [-0.1, -0.05) is 98.8 Å². The van der Waals surface area contributed by atoms with Crippen molar-refractivity contribution in [3.05, 3.63) is 106 Å². The van der Waals surface area contributed by atoms with Crippen LogP contribution in [0.5, 0.6) is 0 Å². The van der Waals surface area contributed by atoms with E-state index in [9.17, 15) is 0 Å². The zero-order valence-electron chi connectivity index (χ0n) is 13.6. The maximum absolute atomic E-state index is 2.34. The van der Waals surface area contributed by atoms with E-state index in [1.165, 1.54) is 32.7 Å². The van der Waals surface area contributed by atoms with E-state index in [0.717, 1.165) is 0 Å². The normalized spacial score (nSPS) is 15.6. The van der Waals surface area contributed by atoms with Crippen LogP contribution in [0, 0.1) is 5.41 Å². The summed E-state index contributed by atoms with van der Waals surface area (Å²) >= 11 is 0. The van der Waals surface area contributed by atoms with Crippen molar-refractivity contribution in [3.8, 4) is 0 Å². The van der Waals surface area contributed by atoms with Gasteiger partial charge in [0.05, 0.1) is 0 Å². The van der Waals surface area contributed by atoms with Crippen LogP contribution in [0.2, 0.25) is 0 Å². The summed E-state index contributed by atoms with van der Waals surface area (Å²) in [6, 6.07) is 30.4. The van der Waals surface area contributed by atoms with Crippen molar-refractivity contribution in [2.75, 3.05) is 0 Å². The van der Waals surface area contributed by atoms with Gasteiger partial charge in [-0.3, -0.25) is 0 Å². The molecule has 1 aliphatic carbocycles. The van der Waals surface area contributed by atoms with Gasteiger partial charge in [0.15, 0.2) is 0 Å². The molecule has 0 amide bonds. The van der Waals surface area contributed by atoms with Crippen LogP contribution in [0.15, 0.2) is 84.9 Å². The third-order valence-corrected chi connectivity index (χ3v) is 4.84. The fourth-order valence-electron chi connectivity index (χ4n) is 3.96. The molecule has 0 fully saturated rings. The molecule has 4 rings (SSSR count). The van der Waals surface area contributed by atoms with Gasteiger partial charge in [-0.15, -0.1) is 0 Å². The molecule has 23 heavy (non-hydrogen) atoms. The summed E-state index contributed by atoms with van der Waals surface area (Å²) in [6.45, 7) is 4.69. The molecule has 0 nitrogen and oxygen atoms in total. The molecule has 1 aliphatic rings. The third-order valence-electron chi connectivity index (χ3n) is 4.84. The lowest BCUT2D eigenvalue weighted by Gasteiger charge is -2.28. The average molecular weight is 296 g/mol. The molecule has 0 spiro atoms. The number of fused-ring (bicyclic) bond motifs is 1. The minimum absolute atomic E-state index is 0.0214. The molecule has 0 heterocycles. The lowest BCUT2D eigenvalue weighted by atomic mass is 9.74. The summed E-state index contributed by atoms with van der Waals surface area (Å²) in [5.41, 5.74) is 5.46. The minimum atomic E-state index is -0.0214. The SMILES string of the molecule is CC1(C)C(c2ccccc2)=c2ccccc2=C1c1ccccc1. The zero-order chi connectivity index (χ0) is 15.9. The number of rotatable bonds is 2. The van der Waals surface area contributed by atoms with Gasteiger partial charge in [0.2, 0.25) is 0 Å². The number of benzene rings is 3. The van der Waals surface area contributed by atoms with Crippen LogP contribution in [-0.4, -0.2) is 0 Å². The number of hydrogen-bond donors (Lipinski definition) is 0. The molecule has 0 aromatic heterocycles. The molecule has 0 bridgehead atoms. The van der Waals surface area contributed by atoms with Crippen LogP contribution in [-0.2, 0) is 0 Å². The lowest BCUT2D eigenvalue weighted by molar-refractivity contribution is 0.677. The molecule has 0 heteroatoms. The van der Waals surface area contributed by atoms with E-state index < -0.39 is 0 Å². The Morgan fingerprint density at radius 1 is 0.478 bits per heavy atom. The molecule has 0 atom stereocenters. The van der Waals surface area contributed by atoms with Crippen molar-refractivity contribution in [2.45, 2.75) is 13.8 Å². The van der Waals surface area contributed by atoms with Crippen LogP contribution in [0.3, 0.4) is 0 Å². The van der Waals surface area contributed by atoms with Gasteiger partial charge in [0, 0.05) is 5.41 Å². The quantitative estimate of drug-likeness (QED) is 0.667. The molecular weight excluding hydrogens is 276 g/mol. The van der Waals surface area contributed by atoms with Crippen LogP contribution >= 0.6 is 0 Å². The summed E-state index contributed by atoms with van der Waals surface area (Å²) in [7, 11) is 0. The summed E-state index contributed by atoms with van der Waals surface area (Å²) in [5, 5.41) is 2.73. The Bertz CT molecular complexity index is 881. The summed E-state index contributed by atoms with van der Waals surface area (Å²) in [6.07, 6.45) is 0. The van der Waals surface area contributed by atoms with E-state index in [1.807, 2.05) is 0 Å². The molecule has 0 saturated carbocycles. The third kappa shape index (κ3) is 2.14. The second-order valence-corrected chi connectivity index (χ2v) is 6.65. The van der Waals surface area contributed by atoms with Crippen LogP contribution in [0.1, 0.15) is 25.0 Å². The Morgan fingerprint density at radius 2 is 0.826 bits per heavy atom. The summed E-state index contributed by atoms with van der Waals surface area (Å²) in [5.74, 6) is 0. The second-order valence-electron chi connectivity index (χ2n) is 6.65. The van der Waals surface area contributed by atoms with Crippen molar-refractivity contribution >= 4 is 11.1 Å². The van der Waals surface area contributed by atoms with Crippen LogP contribution in [0.25, 0.3) is 11.1 Å². The fourth-order valence-corrected chi connectivity index (χ4v) is 3.96. The van der Waals surface area contributed by atoms with Gasteiger partial charge in [-0.25, -0.2) is 0 Å². The first-order chi connectivity index (χ1) is 11.2. The predicted molar refractivity (Wildman–Crippen MR) is 97.4 cm³/mol. The van der Waals surface area contributed by atoms with E-state index in [-0.39, 0.29) is 5.41 Å². The van der Waals surface area contributed by atoms with Gasteiger partial charge in [-0.05, 0) is 32.7 Å². The molecule has 0 N–H and O–H groups in total. The monoisotopic (exact) mass is 296 g/mol. The molecule has 0 saturated heterocycles. The maximum atomic E-state index is 2.34. The molecule has 112 valence electrons. The summed E-state index contributed by atoms with van der Waals surface area (Å²) in [4.78, 5) is 0. The van der Waals surface area contributed by atoms with Crippen LogP contribution in [0.4, 0.5) is 0 Å². The zero-order valence-corrected chi connectivity index (χ0v) is 13.6. The molecule has 3 aromatic rings. The highest BCUT2D eigenvalue weighted by Gasteiger charge is 2.35. The van der Waals surface area contributed by atoms with Crippen molar-refractivity contribution < 1.29 is 0 Å². The van der Waals surface area contributed by atoms with Crippen molar-refractivity contribution in [1.29, 1.82) is 0 Å². The van der Waals surface area contributed by atoms with E-state index in [4.69, 9.17) is 0 Å². The van der Waals surface area contributed by atoms with Gasteiger partial charge < -0.3 is 0 Å². The van der Waals surface area contributed by atoms with Gasteiger partial charge in [-0.2, -0.15) is 0 Å². The maximum Gasteiger partial charge on any atom is 0.0170 e. The number of hydrogen-bond acceptors (Lipinski definition) is 0. The lowest BCUT2D eigenvalue weighted by Crippen LogP contribution is -2.23. The smallest absolute Gasteiger partial charge is 0.0170 e. The predicted octanol–water partition coefficient (Wildman–Crippen LogP) is 4.12. The van der Waals surface area contributed by atoms with Gasteiger partial charge >= 0.3 is 0 Å². The standard InChI is InChI=1S/C23H20/c1-23(2)21(17-11-5-3-6-12-17)19-15-9-10-16-20(19)22(23)18-13-7-4-8-14-18/h3-16H,1-2H3. The molecule has 0 radical (unpaired) electrons. The van der Waals surface area contributed by atoms with E-state index >= 15 is 0 Å². The molecule has 0 aliphatic heterocycles. The Morgan fingerprint density at radius 3 is 1.22 bits per heavy atom. The topological polar surface area (TPSA) is 0 Å². The van der Waals surface area contributed by atoms with E-state index in [1.54, 1.807) is 0 Å². The van der Waals surface area contributed by atoms with E-state index in [2.05, 4.69) is 98.8 Å². The van der Waals surface area contributed by atoms with Crippen LogP contribution < -0.4 is 10.4 Å². The minimum Gasteiger partial charge on any atom is -0.0622 e. The highest BCUT2D eigenvalue weighted by molar-refractivity contribution is 5.89. The van der Waals surface area contributed by atoms with Gasteiger partial charge in [0.1, 0.15) is 0 Å². The van der Waals surface area contributed by atoms with Crippen molar-refractivity contribution in [2.24, 2.45) is 5.41 Å². The second kappa shape index (κ2) is 5.24. The van der Waals surface area contributed by atoms with Crippen molar-refractivity contribution in [3.63, 3.8) is 0 Å². The first kappa shape index (κ1) is 14.0. The first-order valence-corrected chi connectivity index (χ1v) is 8.15. The molecule has 3 aromatic carbocycles. The Hall–Kier alpha value is -2.60. The summed E-state index contributed by atoms with van der Waals surface area (Å²) < 4.78 is 0. The Balaban J connectivity index is 2.12. The van der Waals surface area contributed by atoms with Gasteiger partial charge in [0.25, 0.3) is 0 Å². The van der Waals surface area contributed by atoms with E-state index in [0.29, 0.717) is 0 Å². The Labute approximate surface area is 137 Å². The molecule has 0 unspecified atom stereocenters. The van der Waals surface area contributed by atoms with Crippen molar-refractivity contribution in [1.82, 2.24) is 0 Å². The fraction of sp³-hybridized carbons (Fsp3) is 0.130. The largest absolute Gasteiger partial charge is 0.0622 e. The first-order valence-electron chi connectivity index (χ1n) is 8.15. The highest BCUT2D eigenvalue weighted by atomic mass is 14.4. The highest BCUT2D eigenvalue weighted by Crippen LogP contribution is 2.44. The Kier molecular flexibility index (Phi) is 3.20. The molecular formula is C23H20.